The molecule has 0 atom stereocenters. The van der Waals surface area contributed by atoms with Crippen LogP contribution in [0.25, 0.3) is 0 Å². The number of rotatable bonds is 3. The summed E-state index contributed by atoms with van der Waals surface area (Å²) in [4.78, 5) is 25.4. The van der Waals surface area contributed by atoms with Gasteiger partial charge in [0.2, 0.25) is 5.95 Å². The number of anilines is 2. The lowest BCUT2D eigenvalue weighted by Gasteiger charge is -2.32. The Balaban J connectivity index is 1.66. The Morgan fingerprint density at radius 3 is 2.43 bits per heavy atom. The minimum atomic E-state index is -0.187. The van der Waals surface area contributed by atoms with E-state index in [2.05, 4.69) is 48.1 Å². The summed E-state index contributed by atoms with van der Waals surface area (Å²) in [7, 11) is 2.11. The van der Waals surface area contributed by atoms with Crippen LogP contribution in [0.4, 0.5) is 11.6 Å². The zero-order valence-electron chi connectivity index (χ0n) is 12.9. The van der Waals surface area contributed by atoms with E-state index in [9.17, 15) is 4.79 Å². The van der Waals surface area contributed by atoms with Crippen molar-refractivity contribution in [2.75, 3.05) is 43.4 Å². The number of carbonyl (C=O) groups excluding carboxylic acids is 1. The summed E-state index contributed by atoms with van der Waals surface area (Å²) in [5.41, 5.74) is 1.17. The molecule has 1 saturated heterocycles. The van der Waals surface area contributed by atoms with Crippen molar-refractivity contribution in [1.82, 2.24) is 14.9 Å². The molecule has 23 heavy (non-hydrogen) atoms. The second-order valence-electron chi connectivity index (χ2n) is 5.50. The van der Waals surface area contributed by atoms with Crippen molar-refractivity contribution < 1.29 is 4.79 Å². The number of halogens is 1. The first-order chi connectivity index (χ1) is 11.1. The van der Waals surface area contributed by atoms with Crippen molar-refractivity contribution >= 4 is 33.5 Å². The molecule has 2 heterocycles. The summed E-state index contributed by atoms with van der Waals surface area (Å²) < 4.78 is 0.757. The molecule has 1 amide bonds. The minimum Gasteiger partial charge on any atom is -0.338 e. The van der Waals surface area contributed by atoms with Gasteiger partial charge in [0.15, 0.2) is 0 Å². The standard InChI is InChI=1S/C16H18BrN5O/c1-21-6-8-22(9-7-21)16-18-10-12(11-19-16)20-15(23)13-4-2-3-5-14(13)17/h2-5,10-11H,6-9H2,1H3,(H,20,23). The van der Waals surface area contributed by atoms with Crippen molar-refractivity contribution in [3.63, 3.8) is 0 Å². The fraction of sp³-hybridized carbons (Fsp3) is 0.312. The van der Waals surface area contributed by atoms with Crippen LogP contribution in [0.15, 0.2) is 41.1 Å². The van der Waals surface area contributed by atoms with E-state index in [0.717, 1.165) is 30.7 Å². The highest BCUT2D eigenvalue weighted by Crippen LogP contribution is 2.18. The number of likely N-dealkylation sites (N-methyl/N-ethyl adjacent to an activating group) is 1. The van der Waals surface area contributed by atoms with E-state index in [4.69, 9.17) is 0 Å². The predicted octanol–water partition coefficient (Wildman–Crippen LogP) is 2.24. The lowest BCUT2D eigenvalue weighted by Crippen LogP contribution is -2.45. The number of nitrogens with one attached hydrogen (secondary N) is 1. The molecule has 0 spiro atoms. The predicted molar refractivity (Wildman–Crippen MR) is 93.8 cm³/mol. The highest BCUT2D eigenvalue weighted by molar-refractivity contribution is 9.10. The summed E-state index contributed by atoms with van der Waals surface area (Å²) in [5, 5.41) is 2.82. The van der Waals surface area contributed by atoms with Gasteiger partial charge in [0.25, 0.3) is 5.91 Å². The number of nitrogens with zero attached hydrogens (tertiary/aromatic N) is 4. The second kappa shape index (κ2) is 7.06. The average Bonchev–Trinajstić information content (AvgIpc) is 2.57. The molecule has 120 valence electrons. The highest BCUT2D eigenvalue weighted by Gasteiger charge is 2.16. The van der Waals surface area contributed by atoms with E-state index in [1.54, 1.807) is 18.5 Å². The lowest BCUT2D eigenvalue weighted by atomic mass is 10.2. The minimum absolute atomic E-state index is 0.187. The first-order valence-corrected chi connectivity index (χ1v) is 8.24. The Kier molecular flexibility index (Phi) is 4.88. The van der Waals surface area contributed by atoms with E-state index in [-0.39, 0.29) is 5.91 Å². The molecule has 1 aromatic heterocycles. The number of amides is 1. The SMILES string of the molecule is CN1CCN(c2ncc(NC(=O)c3ccccc3Br)cn2)CC1. The first kappa shape index (κ1) is 15.9. The van der Waals surface area contributed by atoms with E-state index >= 15 is 0 Å². The van der Waals surface area contributed by atoms with Crippen LogP contribution in [0.1, 0.15) is 10.4 Å². The Hall–Kier alpha value is -1.99. The van der Waals surface area contributed by atoms with Crippen molar-refractivity contribution in [3.05, 3.63) is 46.7 Å². The quantitative estimate of drug-likeness (QED) is 0.891. The summed E-state index contributed by atoms with van der Waals surface area (Å²) in [6, 6.07) is 7.29. The molecular weight excluding hydrogens is 358 g/mol. The van der Waals surface area contributed by atoms with Gasteiger partial charge in [-0.3, -0.25) is 4.79 Å². The van der Waals surface area contributed by atoms with Crippen LogP contribution < -0.4 is 10.2 Å². The fourth-order valence-electron chi connectivity index (χ4n) is 2.40. The van der Waals surface area contributed by atoms with Gasteiger partial charge in [0.05, 0.1) is 23.6 Å². The molecular formula is C16H18BrN5O. The normalized spacial score (nSPS) is 15.5. The van der Waals surface area contributed by atoms with Crippen LogP contribution in [-0.2, 0) is 0 Å². The fourth-order valence-corrected chi connectivity index (χ4v) is 2.86. The molecule has 1 N–H and O–H groups in total. The van der Waals surface area contributed by atoms with Crippen molar-refractivity contribution in [1.29, 1.82) is 0 Å². The number of hydrogen-bond donors (Lipinski definition) is 1. The summed E-state index contributed by atoms with van der Waals surface area (Å²) in [6.45, 7) is 3.84. The van der Waals surface area contributed by atoms with E-state index < -0.39 is 0 Å². The Bertz CT molecular complexity index is 683. The third kappa shape index (κ3) is 3.86. The molecule has 0 aliphatic carbocycles. The Labute approximate surface area is 143 Å². The van der Waals surface area contributed by atoms with Crippen molar-refractivity contribution in [2.24, 2.45) is 0 Å². The van der Waals surface area contributed by atoms with E-state index in [1.807, 2.05) is 18.2 Å². The molecule has 1 fully saturated rings. The maximum Gasteiger partial charge on any atom is 0.256 e. The Morgan fingerprint density at radius 2 is 1.78 bits per heavy atom. The molecule has 0 radical (unpaired) electrons. The average molecular weight is 376 g/mol. The zero-order valence-corrected chi connectivity index (χ0v) is 14.5. The number of piperazine rings is 1. The van der Waals surface area contributed by atoms with Gasteiger partial charge in [-0.05, 0) is 35.1 Å². The molecule has 7 heteroatoms. The van der Waals surface area contributed by atoms with Gasteiger partial charge in [-0.25, -0.2) is 9.97 Å². The molecule has 2 aromatic rings. The lowest BCUT2D eigenvalue weighted by molar-refractivity contribution is 0.102. The van der Waals surface area contributed by atoms with Crippen molar-refractivity contribution in [2.45, 2.75) is 0 Å². The maximum atomic E-state index is 12.2. The zero-order chi connectivity index (χ0) is 16.2. The monoisotopic (exact) mass is 375 g/mol. The van der Waals surface area contributed by atoms with Gasteiger partial charge in [0, 0.05) is 30.7 Å². The summed E-state index contributed by atoms with van der Waals surface area (Å²) in [5.74, 6) is 0.519. The molecule has 3 rings (SSSR count). The highest BCUT2D eigenvalue weighted by atomic mass is 79.9. The third-order valence-electron chi connectivity index (χ3n) is 3.80. The summed E-state index contributed by atoms with van der Waals surface area (Å²) >= 11 is 3.38. The van der Waals surface area contributed by atoms with E-state index in [0.29, 0.717) is 17.2 Å². The first-order valence-electron chi connectivity index (χ1n) is 7.45. The van der Waals surface area contributed by atoms with Crippen LogP contribution in [0.2, 0.25) is 0 Å². The van der Waals surface area contributed by atoms with Gasteiger partial charge >= 0.3 is 0 Å². The number of carbonyl (C=O) groups is 1. The van der Waals surface area contributed by atoms with Gasteiger partial charge in [-0.2, -0.15) is 0 Å². The molecule has 0 unspecified atom stereocenters. The third-order valence-corrected chi connectivity index (χ3v) is 4.49. The number of hydrogen-bond acceptors (Lipinski definition) is 5. The molecule has 1 aliphatic heterocycles. The van der Waals surface area contributed by atoms with Crippen molar-refractivity contribution in [3.8, 4) is 0 Å². The number of aromatic nitrogens is 2. The van der Waals surface area contributed by atoms with Gasteiger partial charge in [0.1, 0.15) is 0 Å². The second-order valence-corrected chi connectivity index (χ2v) is 6.35. The molecule has 6 nitrogen and oxygen atoms in total. The van der Waals surface area contributed by atoms with Gasteiger partial charge in [-0.1, -0.05) is 12.1 Å². The van der Waals surface area contributed by atoms with Crippen LogP contribution in [0.3, 0.4) is 0 Å². The molecule has 0 bridgehead atoms. The maximum absolute atomic E-state index is 12.2. The summed E-state index contributed by atoms with van der Waals surface area (Å²) in [6.07, 6.45) is 3.30. The van der Waals surface area contributed by atoms with Crippen LogP contribution in [-0.4, -0.2) is 54.0 Å². The smallest absolute Gasteiger partial charge is 0.256 e. The van der Waals surface area contributed by atoms with E-state index in [1.165, 1.54) is 0 Å². The van der Waals surface area contributed by atoms with Crippen LogP contribution >= 0.6 is 15.9 Å². The van der Waals surface area contributed by atoms with Crippen LogP contribution in [0, 0.1) is 0 Å². The van der Waals surface area contributed by atoms with Gasteiger partial charge in [-0.15, -0.1) is 0 Å². The molecule has 1 aromatic carbocycles. The van der Waals surface area contributed by atoms with Crippen LogP contribution in [0.5, 0.6) is 0 Å². The molecule has 0 saturated carbocycles. The molecule has 1 aliphatic rings. The largest absolute Gasteiger partial charge is 0.338 e. The number of benzene rings is 1. The topological polar surface area (TPSA) is 61.4 Å². The van der Waals surface area contributed by atoms with Gasteiger partial charge < -0.3 is 15.1 Å². The Morgan fingerprint density at radius 1 is 1.13 bits per heavy atom.